The average molecular weight is 431 g/mol. The second kappa shape index (κ2) is 8.81. The van der Waals surface area contributed by atoms with Crippen molar-refractivity contribution in [3.8, 4) is 6.07 Å². The standard InChI is InChI=1S/C24H25N5O3/c1-14-10-18(15(2)26-19-7-5-4-6-17(19)24(30)31)22-20(11-14)27-21(12-25)23(28-22)29-9-8-16(13-29)32-3/h4-7,10-11,15-16,26H,8-9,13H2,1-3H3,(H,30,31)/t15-,16-/m1/s1. The largest absolute Gasteiger partial charge is 0.478 e. The van der Waals surface area contributed by atoms with Crippen LogP contribution in [0.2, 0.25) is 0 Å². The van der Waals surface area contributed by atoms with Crippen LogP contribution in [0.5, 0.6) is 0 Å². The number of aryl methyl sites for hydroxylation is 1. The Morgan fingerprint density at radius 2 is 2.12 bits per heavy atom. The summed E-state index contributed by atoms with van der Waals surface area (Å²) in [7, 11) is 1.69. The van der Waals surface area contributed by atoms with E-state index < -0.39 is 5.97 Å². The quantitative estimate of drug-likeness (QED) is 0.604. The van der Waals surface area contributed by atoms with E-state index in [4.69, 9.17) is 9.72 Å². The highest BCUT2D eigenvalue weighted by atomic mass is 16.5. The van der Waals surface area contributed by atoms with Gasteiger partial charge in [-0.2, -0.15) is 5.26 Å². The predicted octanol–water partition coefficient (Wildman–Crippen LogP) is 3.91. The van der Waals surface area contributed by atoms with Crippen molar-refractivity contribution >= 4 is 28.5 Å². The zero-order valence-electron chi connectivity index (χ0n) is 18.3. The molecule has 0 amide bonds. The molecule has 8 nitrogen and oxygen atoms in total. The van der Waals surface area contributed by atoms with E-state index in [0.717, 1.165) is 24.1 Å². The SMILES string of the molecule is CO[C@@H]1CCN(c2nc3c([C@@H](C)Nc4ccccc4C(=O)O)cc(C)cc3nc2C#N)C1. The van der Waals surface area contributed by atoms with E-state index in [2.05, 4.69) is 16.4 Å². The number of nitriles is 1. The minimum absolute atomic E-state index is 0.102. The molecule has 1 aliphatic heterocycles. The smallest absolute Gasteiger partial charge is 0.337 e. The van der Waals surface area contributed by atoms with Crippen LogP contribution in [-0.2, 0) is 4.74 Å². The van der Waals surface area contributed by atoms with Crippen molar-refractivity contribution in [2.75, 3.05) is 30.4 Å². The van der Waals surface area contributed by atoms with Gasteiger partial charge in [0.15, 0.2) is 11.5 Å². The number of fused-ring (bicyclic) bond motifs is 1. The Kier molecular flexibility index (Phi) is 5.93. The molecule has 1 saturated heterocycles. The highest BCUT2D eigenvalue weighted by Crippen LogP contribution is 2.31. The summed E-state index contributed by atoms with van der Waals surface area (Å²) < 4.78 is 5.47. The molecule has 0 aliphatic carbocycles. The van der Waals surface area contributed by atoms with Crippen molar-refractivity contribution in [2.24, 2.45) is 0 Å². The fraction of sp³-hybridized carbons (Fsp3) is 0.333. The Hall–Kier alpha value is -3.70. The van der Waals surface area contributed by atoms with Gasteiger partial charge in [-0.05, 0) is 44.0 Å². The third-order valence-electron chi connectivity index (χ3n) is 5.81. The van der Waals surface area contributed by atoms with Gasteiger partial charge in [0.05, 0.1) is 28.7 Å². The number of hydrogen-bond acceptors (Lipinski definition) is 7. The summed E-state index contributed by atoms with van der Waals surface area (Å²) in [4.78, 5) is 23.2. The van der Waals surface area contributed by atoms with E-state index in [1.54, 1.807) is 31.4 Å². The number of carboxylic acid groups (broad SMARTS) is 1. The van der Waals surface area contributed by atoms with Crippen LogP contribution < -0.4 is 10.2 Å². The fourth-order valence-electron chi connectivity index (χ4n) is 4.17. The van der Waals surface area contributed by atoms with Gasteiger partial charge in [-0.3, -0.25) is 0 Å². The van der Waals surface area contributed by atoms with Gasteiger partial charge in [0, 0.05) is 31.5 Å². The molecule has 0 radical (unpaired) electrons. The molecule has 2 heterocycles. The summed E-state index contributed by atoms with van der Waals surface area (Å²) in [6.45, 7) is 5.33. The number of carboxylic acids is 1. The van der Waals surface area contributed by atoms with Gasteiger partial charge in [-0.15, -0.1) is 0 Å². The summed E-state index contributed by atoms with van der Waals surface area (Å²) >= 11 is 0. The van der Waals surface area contributed by atoms with Gasteiger partial charge in [-0.1, -0.05) is 18.2 Å². The van der Waals surface area contributed by atoms with Crippen molar-refractivity contribution in [3.05, 3.63) is 58.8 Å². The van der Waals surface area contributed by atoms with E-state index in [1.165, 1.54) is 0 Å². The van der Waals surface area contributed by atoms with Crippen molar-refractivity contribution in [3.63, 3.8) is 0 Å². The number of carbonyl (C=O) groups is 1. The van der Waals surface area contributed by atoms with Crippen molar-refractivity contribution < 1.29 is 14.6 Å². The number of ether oxygens (including phenoxy) is 1. The number of nitrogens with one attached hydrogen (secondary N) is 1. The van der Waals surface area contributed by atoms with Crippen LogP contribution in [0.3, 0.4) is 0 Å². The molecular formula is C24H25N5O3. The summed E-state index contributed by atoms with van der Waals surface area (Å²) in [6, 6.07) is 12.7. The minimum atomic E-state index is -0.989. The Balaban J connectivity index is 1.78. The molecule has 1 fully saturated rings. The first-order valence-electron chi connectivity index (χ1n) is 10.5. The topological polar surface area (TPSA) is 111 Å². The van der Waals surface area contributed by atoms with E-state index in [0.29, 0.717) is 34.8 Å². The summed E-state index contributed by atoms with van der Waals surface area (Å²) in [5, 5.41) is 22.5. The first-order valence-corrected chi connectivity index (χ1v) is 10.5. The molecule has 2 atom stereocenters. The number of benzene rings is 2. The molecular weight excluding hydrogens is 406 g/mol. The second-order valence-corrected chi connectivity index (χ2v) is 8.04. The highest BCUT2D eigenvalue weighted by molar-refractivity contribution is 5.94. The van der Waals surface area contributed by atoms with Gasteiger partial charge < -0.3 is 20.1 Å². The third-order valence-corrected chi connectivity index (χ3v) is 5.81. The average Bonchev–Trinajstić information content (AvgIpc) is 3.27. The lowest BCUT2D eigenvalue weighted by Gasteiger charge is -2.22. The lowest BCUT2D eigenvalue weighted by atomic mass is 10.0. The molecule has 8 heteroatoms. The Morgan fingerprint density at radius 1 is 1.34 bits per heavy atom. The van der Waals surface area contributed by atoms with E-state index in [1.807, 2.05) is 30.9 Å². The number of para-hydroxylation sites is 1. The first kappa shape index (κ1) is 21.5. The maximum Gasteiger partial charge on any atom is 0.337 e. The number of nitrogens with zero attached hydrogens (tertiary/aromatic N) is 4. The van der Waals surface area contributed by atoms with E-state index in [-0.39, 0.29) is 17.7 Å². The normalized spacial score (nSPS) is 16.7. The molecule has 32 heavy (non-hydrogen) atoms. The zero-order chi connectivity index (χ0) is 22.8. The fourth-order valence-corrected chi connectivity index (χ4v) is 4.17. The van der Waals surface area contributed by atoms with Crippen LogP contribution >= 0.6 is 0 Å². The van der Waals surface area contributed by atoms with Crippen molar-refractivity contribution in [1.29, 1.82) is 5.26 Å². The molecule has 0 bridgehead atoms. The Morgan fingerprint density at radius 3 is 2.81 bits per heavy atom. The monoisotopic (exact) mass is 431 g/mol. The number of hydrogen-bond donors (Lipinski definition) is 2. The molecule has 4 rings (SSSR count). The van der Waals surface area contributed by atoms with Gasteiger partial charge >= 0.3 is 5.97 Å². The maximum absolute atomic E-state index is 11.6. The molecule has 3 aromatic rings. The second-order valence-electron chi connectivity index (χ2n) is 8.04. The predicted molar refractivity (Wildman–Crippen MR) is 122 cm³/mol. The Labute approximate surface area is 186 Å². The van der Waals surface area contributed by atoms with Gasteiger partial charge in [0.1, 0.15) is 6.07 Å². The highest BCUT2D eigenvalue weighted by Gasteiger charge is 2.27. The maximum atomic E-state index is 11.6. The van der Waals surface area contributed by atoms with Crippen LogP contribution in [-0.4, -0.2) is 47.3 Å². The lowest BCUT2D eigenvalue weighted by molar-refractivity contribution is 0.0698. The van der Waals surface area contributed by atoms with Gasteiger partial charge in [-0.25, -0.2) is 14.8 Å². The van der Waals surface area contributed by atoms with Gasteiger partial charge in [0.25, 0.3) is 0 Å². The summed E-state index contributed by atoms with van der Waals surface area (Å²) in [6.07, 6.45) is 0.968. The molecule has 0 spiro atoms. The van der Waals surface area contributed by atoms with E-state index in [9.17, 15) is 15.2 Å². The zero-order valence-corrected chi connectivity index (χ0v) is 18.3. The number of aromatic nitrogens is 2. The molecule has 2 aromatic carbocycles. The number of anilines is 2. The number of rotatable bonds is 6. The Bertz CT molecular complexity index is 1220. The molecule has 164 valence electrons. The van der Waals surface area contributed by atoms with Crippen LogP contribution in [0, 0.1) is 18.3 Å². The number of aromatic carboxylic acids is 1. The van der Waals surface area contributed by atoms with Crippen molar-refractivity contribution in [1.82, 2.24) is 9.97 Å². The minimum Gasteiger partial charge on any atom is -0.478 e. The third kappa shape index (κ3) is 4.07. The van der Waals surface area contributed by atoms with Crippen LogP contribution in [0.15, 0.2) is 36.4 Å². The van der Waals surface area contributed by atoms with Crippen LogP contribution in [0.25, 0.3) is 11.0 Å². The first-order chi connectivity index (χ1) is 15.4. The number of methoxy groups -OCH3 is 1. The van der Waals surface area contributed by atoms with Crippen LogP contribution in [0.4, 0.5) is 11.5 Å². The molecule has 0 unspecified atom stereocenters. The van der Waals surface area contributed by atoms with Crippen LogP contribution in [0.1, 0.15) is 46.6 Å². The molecule has 0 saturated carbocycles. The summed E-state index contributed by atoms with van der Waals surface area (Å²) in [5.41, 5.74) is 4.24. The molecule has 1 aromatic heterocycles. The molecule has 1 aliphatic rings. The lowest BCUT2D eigenvalue weighted by Crippen LogP contribution is -2.24. The van der Waals surface area contributed by atoms with Crippen molar-refractivity contribution in [2.45, 2.75) is 32.4 Å². The molecule has 2 N–H and O–H groups in total. The van der Waals surface area contributed by atoms with E-state index >= 15 is 0 Å². The van der Waals surface area contributed by atoms with Gasteiger partial charge in [0.2, 0.25) is 0 Å². The summed E-state index contributed by atoms with van der Waals surface area (Å²) in [5.74, 6) is -0.431.